The van der Waals surface area contributed by atoms with Crippen molar-refractivity contribution in [1.29, 1.82) is 0 Å². The summed E-state index contributed by atoms with van der Waals surface area (Å²) in [5.74, 6) is 1.28. The van der Waals surface area contributed by atoms with E-state index < -0.39 is 0 Å². The molecule has 0 aromatic heterocycles. The van der Waals surface area contributed by atoms with E-state index in [0.29, 0.717) is 36.1 Å². The van der Waals surface area contributed by atoms with E-state index in [1.165, 1.54) is 0 Å². The van der Waals surface area contributed by atoms with Gasteiger partial charge in [0.2, 0.25) is 0 Å². The predicted molar refractivity (Wildman–Crippen MR) is 86.9 cm³/mol. The third-order valence-electron chi connectivity index (χ3n) is 2.87. The molecule has 0 spiro atoms. The molecule has 0 saturated carbocycles. The quantitative estimate of drug-likeness (QED) is 0.794. The summed E-state index contributed by atoms with van der Waals surface area (Å²) in [4.78, 5) is 11.7. The Morgan fingerprint density at radius 1 is 1.05 bits per heavy atom. The number of rotatable bonds is 7. The van der Waals surface area contributed by atoms with Gasteiger partial charge < -0.3 is 14.8 Å². The molecule has 0 unspecified atom stereocenters. The Labute approximate surface area is 135 Å². The lowest BCUT2D eigenvalue weighted by Crippen LogP contribution is -2.22. The van der Waals surface area contributed by atoms with Crippen molar-refractivity contribution >= 4 is 17.5 Å². The van der Waals surface area contributed by atoms with E-state index >= 15 is 0 Å². The Bertz CT molecular complexity index is 614. The first kappa shape index (κ1) is 16.2. The van der Waals surface area contributed by atoms with Crippen LogP contribution in [0.5, 0.6) is 11.5 Å². The molecule has 0 heterocycles. The van der Waals surface area contributed by atoms with Crippen LogP contribution in [0.4, 0.5) is 0 Å². The van der Waals surface area contributed by atoms with Gasteiger partial charge in [-0.3, -0.25) is 4.79 Å². The summed E-state index contributed by atoms with van der Waals surface area (Å²) in [7, 11) is 0. The molecule has 116 valence electrons. The maximum atomic E-state index is 11.7. The van der Waals surface area contributed by atoms with Gasteiger partial charge in [0.05, 0.1) is 0 Å². The Hall–Kier alpha value is -2.20. The fraction of sp³-hybridized carbons (Fsp3) is 0.235. The van der Waals surface area contributed by atoms with Crippen LogP contribution in [0.25, 0.3) is 0 Å². The average Bonchev–Trinajstić information content (AvgIpc) is 2.54. The number of carbonyl (C=O) groups is 1. The van der Waals surface area contributed by atoms with Gasteiger partial charge in [0.25, 0.3) is 5.91 Å². The normalized spacial score (nSPS) is 10.1. The van der Waals surface area contributed by atoms with Gasteiger partial charge >= 0.3 is 0 Å². The maximum absolute atomic E-state index is 11.7. The summed E-state index contributed by atoms with van der Waals surface area (Å²) in [5.41, 5.74) is 0.581. The topological polar surface area (TPSA) is 47.6 Å². The highest BCUT2D eigenvalue weighted by atomic mass is 35.5. The molecule has 0 bridgehead atoms. The second-order valence-electron chi connectivity index (χ2n) is 4.54. The van der Waals surface area contributed by atoms with Crippen molar-refractivity contribution < 1.29 is 14.3 Å². The van der Waals surface area contributed by atoms with Gasteiger partial charge in [-0.05, 0) is 49.4 Å². The van der Waals surface area contributed by atoms with Crippen LogP contribution >= 0.6 is 11.6 Å². The molecule has 0 aliphatic rings. The van der Waals surface area contributed by atoms with Gasteiger partial charge in [0.1, 0.15) is 24.7 Å². The van der Waals surface area contributed by atoms with Gasteiger partial charge in [0, 0.05) is 17.1 Å². The molecule has 2 aromatic rings. The van der Waals surface area contributed by atoms with E-state index in [0.717, 1.165) is 5.75 Å². The van der Waals surface area contributed by atoms with Gasteiger partial charge in [0.15, 0.2) is 0 Å². The smallest absolute Gasteiger partial charge is 0.251 e. The molecular weight excluding hydrogens is 302 g/mol. The standard InChI is InChI=1S/C17H18ClNO3/c1-2-19-17(20)13-4-3-5-16(12-13)22-11-10-21-15-8-6-14(18)7-9-15/h3-9,12H,2,10-11H2,1H3,(H,19,20). The lowest BCUT2D eigenvalue weighted by molar-refractivity contribution is 0.0955. The predicted octanol–water partition coefficient (Wildman–Crippen LogP) is 3.55. The summed E-state index contributed by atoms with van der Waals surface area (Å²) in [5, 5.41) is 3.42. The van der Waals surface area contributed by atoms with Crippen LogP contribution in [-0.2, 0) is 0 Å². The molecule has 2 rings (SSSR count). The lowest BCUT2D eigenvalue weighted by atomic mass is 10.2. The van der Waals surface area contributed by atoms with Crippen molar-refractivity contribution in [2.75, 3.05) is 19.8 Å². The van der Waals surface area contributed by atoms with Crippen LogP contribution in [0.1, 0.15) is 17.3 Å². The van der Waals surface area contributed by atoms with Crippen molar-refractivity contribution in [1.82, 2.24) is 5.32 Å². The molecule has 0 atom stereocenters. The SMILES string of the molecule is CCNC(=O)c1cccc(OCCOc2ccc(Cl)cc2)c1. The lowest BCUT2D eigenvalue weighted by Gasteiger charge is -2.09. The van der Waals surface area contributed by atoms with Crippen molar-refractivity contribution in [2.24, 2.45) is 0 Å². The van der Waals surface area contributed by atoms with E-state index in [4.69, 9.17) is 21.1 Å². The van der Waals surface area contributed by atoms with Gasteiger partial charge in [-0.15, -0.1) is 0 Å². The molecule has 2 aromatic carbocycles. The van der Waals surface area contributed by atoms with E-state index in [2.05, 4.69) is 5.32 Å². The molecular formula is C17H18ClNO3. The highest BCUT2D eigenvalue weighted by Gasteiger charge is 2.05. The fourth-order valence-corrected chi connectivity index (χ4v) is 1.97. The number of benzene rings is 2. The highest BCUT2D eigenvalue weighted by molar-refractivity contribution is 6.30. The number of hydrogen-bond donors (Lipinski definition) is 1. The van der Waals surface area contributed by atoms with Crippen molar-refractivity contribution in [3.05, 3.63) is 59.1 Å². The van der Waals surface area contributed by atoms with Gasteiger partial charge in [-0.25, -0.2) is 0 Å². The van der Waals surface area contributed by atoms with Crippen LogP contribution in [0, 0.1) is 0 Å². The third-order valence-corrected chi connectivity index (χ3v) is 3.12. The molecule has 4 nitrogen and oxygen atoms in total. The molecule has 1 amide bonds. The minimum atomic E-state index is -0.106. The number of halogens is 1. The molecule has 0 aliphatic carbocycles. The number of carbonyl (C=O) groups excluding carboxylic acids is 1. The third kappa shape index (κ3) is 4.97. The molecule has 5 heteroatoms. The summed E-state index contributed by atoms with van der Waals surface area (Å²) in [6.45, 7) is 3.28. The summed E-state index contributed by atoms with van der Waals surface area (Å²) in [6.07, 6.45) is 0. The zero-order chi connectivity index (χ0) is 15.8. The fourth-order valence-electron chi connectivity index (χ4n) is 1.84. The Kier molecular flexibility index (Phi) is 6.10. The van der Waals surface area contributed by atoms with Crippen LogP contribution in [0.2, 0.25) is 5.02 Å². The van der Waals surface area contributed by atoms with E-state index in [9.17, 15) is 4.79 Å². The largest absolute Gasteiger partial charge is 0.490 e. The molecule has 22 heavy (non-hydrogen) atoms. The molecule has 0 radical (unpaired) electrons. The minimum absolute atomic E-state index is 0.106. The number of nitrogens with one attached hydrogen (secondary N) is 1. The number of ether oxygens (including phenoxy) is 2. The molecule has 0 aliphatic heterocycles. The second-order valence-corrected chi connectivity index (χ2v) is 4.97. The van der Waals surface area contributed by atoms with Crippen LogP contribution in [0.15, 0.2) is 48.5 Å². The molecule has 0 saturated heterocycles. The summed E-state index contributed by atoms with van der Waals surface area (Å²) >= 11 is 5.80. The minimum Gasteiger partial charge on any atom is -0.490 e. The monoisotopic (exact) mass is 319 g/mol. The summed E-state index contributed by atoms with van der Waals surface area (Å²) < 4.78 is 11.1. The van der Waals surface area contributed by atoms with Crippen LogP contribution < -0.4 is 14.8 Å². The highest BCUT2D eigenvalue weighted by Crippen LogP contribution is 2.16. The molecule has 1 N–H and O–H groups in total. The first-order chi connectivity index (χ1) is 10.7. The van der Waals surface area contributed by atoms with Crippen LogP contribution in [0.3, 0.4) is 0 Å². The Morgan fingerprint density at radius 2 is 1.73 bits per heavy atom. The van der Waals surface area contributed by atoms with E-state index in [1.807, 2.05) is 13.0 Å². The average molecular weight is 320 g/mol. The van der Waals surface area contributed by atoms with E-state index in [1.54, 1.807) is 42.5 Å². The summed E-state index contributed by atoms with van der Waals surface area (Å²) in [6, 6.07) is 14.2. The second kappa shape index (κ2) is 8.29. The van der Waals surface area contributed by atoms with Gasteiger partial charge in [-0.2, -0.15) is 0 Å². The van der Waals surface area contributed by atoms with Crippen molar-refractivity contribution in [3.63, 3.8) is 0 Å². The van der Waals surface area contributed by atoms with Gasteiger partial charge in [-0.1, -0.05) is 17.7 Å². The van der Waals surface area contributed by atoms with E-state index in [-0.39, 0.29) is 5.91 Å². The Morgan fingerprint density at radius 3 is 2.41 bits per heavy atom. The zero-order valence-electron chi connectivity index (χ0n) is 12.3. The first-order valence-corrected chi connectivity index (χ1v) is 7.46. The maximum Gasteiger partial charge on any atom is 0.251 e. The van der Waals surface area contributed by atoms with Crippen LogP contribution in [-0.4, -0.2) is 25.7 Å². The number of hydrogen-bond acceptors (Lipinski definition) is 3. The number of amides is 1. The Balaban J connectivity index is 1.80. The van der Waals surface area contributed by atoms with Crippen molar-refractivity contribution in [3.8, 4) is 11.5 Å². The first-order valence-electron chi connectivity index (χ1n) is 7.08. The zero-order valence-corrected chi connectivity index (χ0v) is 13.1. The van der Waals surface area contributed by atoms with Crippen molar-refractivity contribution in [2.45, 2.75) is 6.92 Å². The molecule has 0 fully saturated rings.